The van der Waals surface area contributed by atoms with E-state index in [2.05, 4.69) is 4.74 Å². The molecule has 0 amide bonds. The second-order valence-corrected chi connectivity index (χ2v) is 4.37. The number of carbonyl (C=O) groups excluding carboxylic acids is 1. The van der Waals surface area contributed by atoms with Gasteiger partial charge < -0.3 is 9.47 Å². The highest BCUT2D eigenvalue weighted by Gasteiger charge is 2.10. The van der Waals surface area contributed by atoms with Crippen molar-refractivity contribution < 1.29 is 18.7 Å². The first kappa shape index (κ1) is 14.1. The molecule has 0 saturated carbocycles. The molecule has 104 valence electrons. The van der Waals surface area contributed by atoms with Crippen molar-refractivity contribution in [3.63, 3.8) is 0 Å². The lowest BCUT2D eigenvalue weighted by molar-refractivity contribution is 0.0600. The van der Waals surface area contributed by atoms with Crippen molar-refractivity contribution >= 4 is 5.97 Å². The van der Waals surface area contributed by atoms with Crippen LogP contribution in [0.3, 0.4) is 0 Å². The molecule has 0 saturated heterocycles. The Labute approximate surface area is 117 Å². The molecule has 2 aromatic carbocycles. The van der Waals surface area contributed by atoms with Gasteiger partial charge in [0.25, 0.3) is 0 Å². The summed E-state index contributed by atoms with van der Waals surface area (Å²) in [6.07, 6.45) is 0. The first-order valence-corrected chi connectivity index (χ1v) is 6.09. The molecule has 0 fully saturated rings. The summed E-state index contributed by atoms with van der Waals surface area (Å²) in [6, 6.07) is 9.92. The minimum Gasteiger partial charge on any atom is -0.494 e. The predicted molar refractivity (Wildman–Crippen MR) is 74.5 cm³/mol. The summed E-state index contributed by atoms with van der Waals surface area (Å²) < 4.78 is 23.1. The summed E-state index contributed by atoms with van der Waals surface area (Å²) in [6.45, 7) is 1.89. The van der Waals surface area contributed by atoms with Crippen molar-refractivity contribution in [1.29, 1.82) is 0 Å². The van der Waals surface area contributed by atoms with Crippen molar-refractivity contribution in [1.82, 2.24) is 0 Å². The Morgan fingerprint density at radius 3 is 2.45 bits per heavy atom. The monoisotopic (exact) mass is 274 g/mol. The van der Waals surface area contributed by atoms with E-state index in [-0.39, 0.29) is 11.7 Å². The van der Waals surface area contributed by atoms with E-state index >= 15 is 0 Å². The number of rotatable bonds is 3. The third-order valence-corrected chi connectivity index (χ3v) is 3.11. The summed E-state index contributed by atoms with van der Waals surface area (Å²) in [5.74, 6) is -0.588. The van der Waals surface area contributed by atoms with Gasteiger partial charge in [0.1, 0.15) is 0 Å². The minimum atomic E-state index is -0.403. The Hall–Kier alpha value is -2.36. The van der Waals surface area contributed by atoms with Crippen LogP contribution in [0.4, 0.5) is 4.39 Å². The number of carbonyl (C=O) groups is 1. The molecule has 0 bridgehead atoms. The van der Waals surface area contributed by atoms with E-state index in [1.807, 2.05) is 13.0 Å². The highest BCUT2D eigenvalue weighted by atomic mass is 19.1. The highest BCUT2D eigenvalue weighted by Crippen LogP contribution is 2.29. The first-order valence-electron chi connectivity index (χ1n) is 6.09. The quantitative estimate of drug-likeness (QED) is 0.802. The van der Waals surface area contributed by atoms with E-state index in [1.54, 1.807) is 24.3 Å². The van der Waals surface area contributed by atoms with Gasteiger partial charge >= 0.3 is 5.97 Å². The maximum absolute atomic E-state index is 13.4. The zero-order valence-electron chi connectivity index (χ0n) is 11.6. The Morgan fingerprint density at radius 2 is 1.85 bits per heavy atom. The second-order valence-electron chi connectivity index (χ2n) is 4.37. The van der Waals surface area contributed by atoms with E-state index < -0.39 is 5.82 Å². The van der Waals surface area contributed by atoms with Crippen LogP contribution in [-0.4, -0.2) is 20.2 Å². The molecule has 2 rings (SSSR count). The molecule has 0 N–H and O–H groups in total. The number of halogens is 1. The molecule has 4 heteroatoms. The zero-order chi connectivity index (χ0) is 14.7. The molecule has 0 radical (unpaired) electrons. The molecule has 0 aliphatic carbocycles. The number of hydrogen-bond donors (Lipinski definition) is 0. The molecule has 0 spiro atoms. The normalized spacial score (nSPS) is 10.2. The summed E-state index contributed by atoms with van der Waals surface area (Å²) in [5, 5.41) is 0. The Morgan fingerprint density at radius 1 is 1.10 bits per heavy atom. The van der Waals surface area contributed by atoms with Crippen molar-refractivity contribution in [3.8, 4) is 16.9 Å². The fourth-order valence-corrected chi connectivity index (χ4v) is 2.06. The van der Waals surface area contributed by atoms with Crippen LogP contribution in [0.25, 0.3) is 11.1 Å². The van der Waals surface area contributed by atoms with Crippen LogP contribution in [0.5, 0.6) is 5.75 Å². The van der Waals surface area contributed by atoms with Gasteiger partial charge in [0.05, 0.1) is 19.8 Å². The van der Waals surface area contributed by atoms with E-state index in [4.69, 9.17) is 4.74 Å². The van der Waals surface area contributed by atoms with Gasteiger partial charge in [-0.15, -0.1) is 0 Å². The average Bonchev–Trinajstić information content (AvgIpc) is 2.47. The van der Waals surface area contributed by atoms with Crippen LogP contribution in [0, 0.1) is 12.7 Å². The molecule has 20 heavy (non-hydrogen) atoms. The van der Waals surface area contributed by atoms with Gasteiger partial charge in [-0.25, -0.2) is 9.18 Å². The van der Waals surface area contributed by atoms with Gasteiger partial charge in [-0.2, -0.15) is 0 Å². The number of aryl methyl sites for hydroxylation is 1. The van der Waals surface area contributed by atoms with Gasteiger partial charge in [0.2, 0.25) is 0 Å². The van der Waals surface area contributed by atoms with Gasteiger partial charge in [-0.3, -0.25) is 0 Å². The Balaban J connectivity index is 2.45. The van der Waals surface area contributed by atoms with E-state index in [9.17, 15) is 9.18 Å². The van der Waals surface area contributed by atoms with Gasteiger partial charge in [0.15, 0.2) is 11.6 Å². The number of methoxy groups -OCH3 is 2. The summed E-state index contributed by atoms with van der Waals surface area (Å²) in [7, 11) is 2.77. The van der Waals surface area contributed by atoms with Gasteiger partial charge in [-0.1, -0.05) is 12.1 Å². The molecule has 0 atom stereocenters. The van der Waals surface area contributed by atoms with Crippen molar-refractivity contribution in [2.75, 3.05) is 14.2 Å². The minimum absolute atomic E-state index is 0.193. The molecule has 0 aliphatic rings. The standard InChI is InChI=1S/C16H15FO3/c1-10-8-12(16(18)20-3)4-6-13(10)11-5-7-14(17)15(9-11)19-2/h4-9H,1-3H3. The first-order chi connectivity index (χ1) is 9.56. The van der Waals surface area contributed by atoms with Crippen molar-refractivity contribution in [3.05, 3.63) is 53.3 Å². The third-order valence-electron chi connectivity index (χ3n) is 3.11. The number of benzene rings is 2. The fourth-order valence-electron chi connectivity index (χ4n) is 2.06. The second kappa shape index (κ2) is 5.74. The molecule has 2 aromatic rings. The topological polar surface area (TPSA) is 35.5 Å². The van der Waals surface area contributed by atoms with E-state index in [1.165, 1.54) is 20.3 Å². The molecular weight excluding hydrogens is 259 g/mol. The average molecular weight is 274 g/mol. The predicted octanol–water partition coefficient (Wildman–Crippen LogP) is 3.60. The largest absolute Gasteiger partial charge is 0.494 e. The maximum atomic E-state index is 13.4. The van der Waals surface area contributed by atoms with Crippen LogP contribution in [0.2, 0.25) is 0 Å². The lowest BCUT2D eigenvalue weighted by atomic mass is 9.98. The Kier molecular flexibility index (Phi) is 4.03. The zero-order valence-corrected chi connectivity index (χ0v) is 11.6. The highest BCUT2D eigenvalue weighted by molar-refractivity contribution is 5.90. The fraction of sp³-hybridized carbons (Fsp3) is 0.188. The van der Waals surface area contributed by atoms with Crippen molar-refractivity contribution in [2.24, 2.45) is 0 Å². The molecule has 0 unspecified atom stereocenters. The maximum Gasteiger partial charge on any atom is 0.337 e. The van der Waals surface area contributed by atoms with Crippen LogP contribution in [0.15, 0.2) is 36.4 Å². The van der Waals surface area contributed by atoms with Crippen LogP contribution in [0.1, 0.15) is 15.9 Å². The summed E-state index contributed by atoms with van der Waals surface area (Å²) >= 11 is 0. The Bertz CT molecular complexity index is 650. The lowest BCUT2D eigenvalue weighted by Crippen LogP contribution is -2.01. The van der Waals surface area contributed by atoms with Crippen LogP contribution < -0.4 is 4.74 Å². The van der Waals surface area contributed by atoms with E-state index in [0.717, 1.165) is 16.7 Å². The lowest BCUT2D eigenvalue weighted by Gasteiger charge is -2.10. The molecule has 0 heterocycles. The SMILES string of the molecule is COC(=O)c1ccc(-c2ccc(F)c(OC)c2)c(C)c1. The molecule has 0 aromatic heterocycles. The smallest absolute Gasteiger partial charge is 0.337 e. The van der Waals surface area contributed by atoms with Crippen LogP contribution in [-0.2, 0) is 4.74 Å². The van der Waals surface area contributed by atoms with Gasteiger partial charge in [0, 0.05) is 0 Å². The van der Waals surface area contributed by atoms with E-state index in [0.29, 0.717) is 5.56 Å². The number of ether oxygens (including phenoxy) is 2. The van der Waals surface area contributed by atoms with Crippen molar-refractivity contribution in [2.45, 2.75) is 6.92 Å². The van der Waals surface area contributed by atoms with Gasteiger partial charge in [-0.05, 0) is 47.9 Å². The molecular formula is C16H15FO3. The third kappa shape index (κ3) is 2.64. The number of esters is 1. The van der Waals surface area contributed by atoms with Crippen LogP contribution >= 0.6 is 0 Å². The molecule has 3 nitrogen and oxygen atoms in total. The summed E-state index contributed by atoms with van der Waals surface area (Å²) in [5.41, 5.74) is 3.14. The molecule has 0 aliphatic heterocycles. The number of hydrogen-bond acceptors (Lipinski definition) is 3. The summed E-state index contributed by atoms with van der Waals surface area (Å²) in [4.78, 5) is 11.5.